The Hall–Kier alpha value is -6.98. The first-order valence-corrected chi connectivity index (χ1v) is 23.8. The Labute approximate surface area is 421 Å². The van der Waals surface area contributed by atoms with Crippen LogP contribution in [0.5, 0.6) is 0 Å². The molecule has 0 bridgehead atoms. The second-order valence-corrected chi connectivity index (χ2v) is 18.0. The lowest BCUT2D eigenvalue weighted by Gasteiger charge is -2.17. The zero-order valence-corrected chi connectivity index (χ0v) is 39.6. The number of ether oxygens (including phenoxy) is 3. The Morgan fingerprint density at radius 2 is 1.01 bits per heavy atom. The molecule has 384 valence electrons. The molecule has 11 rings (SSSR count). The summed E-state index contributed by atoms with van der Waals surface area (Å²) >= 11 is 0. The largest absolute Gasteiger partial charge is 0.394 e. The van der Waals surface area contributed by atoms with Gasteiger partial charge in [0.2, 0.25) is 0 Å². The summed E-state index contributed by atoms with van der Waals surface area (Å²) < 4.78 is 22.6. The predicted octanol–water partition coefficient (Wildman–Crippen LogP) is 4.92. The smallest absolute Gasteiger partial charge is 0.161 e. The standard InChI is InChI=1S/C20H23N3O3.C19H20N4O3.C13H16N4O3.CH4/c1-13-18-15(8-7-14-5-3-2-4-6-14)10-23(19(18)22-12-21-13)20-17(25)9-16(11-24)26-20;20-17-16-13(7-6-12-4-2-1-3-5-12)9-23(18(16)22-11-21-17)19-15(25)8-14(10-24)26-19;1-2-7-4-17(12-10(7)11(14)15-6-16-12)13-9(19)3-8(5-18)20-13;/h2-6,10,12,16-17,20,24-25H,7-9,11H2,1H3;1-7,9,11,14-15,19,24-25H,8,10H2,(H2,20,21,22);2,4,6,8-9,13,18-19H,1,3,5H2,(H2,14,15,16);1H4/b;7-6+;;/t16-,17+,20+;14-,15+,19+;8-,9+,13+;/m000./s1. The number of aliphatic hydroxyl groups excluding tert-OH is 6. The molecular weight excluding hydrogens is 935 g/mol. The average Bonchev–Trinajstić information content (AvgIpc) is 4.27. The monoisotopic (exact) mass is 997 g/mol. The highest BCUT2D eigenvalue weighted by Gasteiger charge is 2.38. The molecule has 20 nitrogen and oxygen atoms in total. The number of nitrogen functional groups attached to an aromatic ring is 2. The first-order valence-electron chi connectivity index (χ1n) is 23.8. The molecular formula is C53H63N11O9. The Morgan fingerprint density at radius 3 is 1.49 bits per heavy atom. The van der Waals surface area contributed by atoms with Gasteiger partial charge in [-0.2, -0.15) is 0 Å². The first kappa shape index (κ1) is 52.3. The van der Waals surface area contributed by atoms with Gasteiger partial charge in [0.1, 0.15) is 65.9 Å². The van der Waals surface area contributed by atoms with Gasteiger partial charge >= 0.3 is 0 Å². The van der Waals surface area contributed by atoms with Crippen molar-refractivity contribution in [1.29, 1.82) is 0 Å². The van der Waals surface area contributed by atoms with Crippen LogP contribution in [-0.4, -0.2) is 131 Å². The molecule has 2 aromatic carbocycles. The van der Waals surface area contributed by atoms with Gasteiger partial charge in [-0.3, -0.25) is 0 Å². The molecule has 0 radical (unpaired) electrons. The molecule has 73 heavy (non-hydrogen) atoms. The minimum absolute atomic E-state index is 0. The van der Waals surface area contributed by atoms with Gasteiger partial charge in [-0.05, 0) is 36.5 Å². The zero-order chi connectivity index (χ0) is 50.5. The van der Waals surface area contributed by atoms with Crippen LogP contribution < -0.4 is 11.5 Å². The van der Waals surface area contributed by atoms with Crippen LogP contribution in [0, 0.1) is 6.92 Å². The second-order valence-electron chi connectivity index (χ2n) is 18.0. The van der Waals surface area contributed by atoms with Gasteiger partial charge in [0.15, 0.2) is 18.7 Å². The van der Waals surface area contributed by atoms with Gasteiger partial charge in [-0.25, -0.2) is 29.9 Å². The lowest BCUT2D eigenvalue weighted by atomic mass is 10.0. The van der Waals surface area contributed by atoms with E-state index in [-0.39, 0.29) is 39.5 Å². The van der Waals surface area contributed by atoms with Gasteiger partial charge in [0, 0.05) is 54.4 Å². The van der Waals surface area contributed by atoms with E-state index < -0.39 is 43.1 Å². The molecule has 10 N–H and O–H groups in total. The van der Waals surface area contributed by atoms with Gasteiger partial charge in [-0.15, -0.1) is 0 Å². The number of aryl methyl sites for hydroxylation is 3. The van der Waals surface area contributed by atoms with E-state index in [0.717, 1.165) is 51.8 Å². The number of hydrogen-bond donors (Lipinski definition) is 8. The number of nitrogens with zero attached hydrogens (tertiary/aromatic N) is 9. The predicted molar refractivity (Wildman–Crippen MR) is 277 cm³/mol. The molecule has 9 atom stereocenters. The average molecular weight is 998 g/mol. The van der Waals surface area contributed by atoms with Gasteiger partial charge in [0.05, 0.1) is 54.6 Å². The van der Waals surface area contributed by atoms with E-state index in [0.29, 0.717) is 53.0 Å². The van der Waals surface area contributed by atoms with E-state index in [4.69, 9.17) is 30.8 Å². The Balaban J connectivity index is 0.000000147. The summed E-state index contributed by atoms with van der Waals surface area (Å²) in [6.45, 7) is 5.36. The van der Waals surface area contributed by atoms with Crippen LogP contribution in [0.1, 0.15) is 78.9 Å². The number of aromatic nitrogens is 9. The van der Waals surface area contributed by atoms with Crippen molar-refractivity contribution in [2.45, 2.75) is 102 Å². The fourth-order valence-electron chi connectivity index (χ4n) is 9.62. The summed E-state index contributed by atoms with van der Waals surface area (Å²) in [6.07, 6.45) is 13.5. The topological polar surface area (TPSA) is 293 Å². The SMILES string of the molecule is C.C=Cc1cn([C@@H]2O[C@H](CO)C[C@H]2O)c2ncnc(N)c12.Cc1ncnc2c1c(CCc1ccccc1)cn2[C@@H]1O[C@H](CO)C[C@H]1O.Nc1ncnc2c1c(/C=C/c1ccccc1)cn2[C@@H]1O[C@H](CO)C[C@H]1O. The number of benzene rings is 2. The summed E-state index contributed by atoms with van der Waals surface area (Å²) in [5, 5.41) is 61.1. The van der Waals surface area contributed by atoms with Crippen LogP contribution in [0.3, 0.4) is 0 Å². The fraction of sp³-hybridized carbons (Fsp3) is 0.358. The number of aliphatic hydroxyl groups is 6. The third-order valence-electron chi connectivity index (χ3n) is 13.1. The number of rotatable bonds is 12. The molecule has 3 aliphatic rings. The fourth-order valence-corrected chi connectivity index (χ4v) is 9.62. The van der Waals surface area contributed by atoms with Crippen molar-refractivity contribution < 1.29 is 44.8 Å². The van der Waals surface area contributed by atoms with Crippen molar-refractivity contribution in [2.75, 3.05) is 31.3 Å². The second kappa shape index (κ2) is 23.3. The summed E-state index contributed by atoms with van der Waals surface area (Å²) in [6, 6.07) is 20.3. The van der Waals surface area contributed by atoms with Crippen LogP contribution in [0.4, 0.5) is 11.6 Å². The number of anilines is 2. The van der Waals surface area contributed by atoms with Crippen molar-refractivity contribution in [2.24, 2.45) is 0 Å². The van der Waals surface area contributed by atoms with Gasteiger partial charge < -0.3 is 70.0 Å². The van der Waals surface area contributed by atoms with Crippen LogP contribution in [-0.2, 0) is 27.1 Å². The Morgan fingerprint density at radius 1 is 0.575 bits per heavy atom. The molecule has 20 heteroatoms. The quantitative estimate of drug-likeness (QED) is 0.0806. The van der Waals surface area contributed by atoms with Crippen molar-refractivity contribution in [1.82, 2.24) is 43.6 Å². The highest BCUT2D eigenvalue weighted by atomic mass is 16.6. The molecule has 0 amide bonds. The molecule has 0 saturated carbocycles. The first-order chi connectivity index (χ1) is 35.0. The van der Waals surface area contributed by atoms with E-state index in [1.165, 1.54) is 18.2 Å². The van der Waals surface area contributed by atoms with E-state index in [1.54, 1.807) is 27.7 Å². The van der Waals surface area contributed by atoms with Crippen LogP contribution >= 0.6 is 0 Å². The van der Waals surface area contributed by atoms with E-state index >= 15 is 0 Å². The minimum Gasteiger partial charge on any atom is -0.394 e. The van der Waals surface area contributed by atoms with Gasteiger partial charge in [0.25, 0.3) is 0 Å². The lowest BCUT2D eigenvalue weighted by Crippen LogP contribution is -2.19. The third-order valence-corrected chi connectivity index (χ3v) is 13.1. The molecule has 0 unspecified atom stereocenters. The molecule has 3 saturated heterocycles. The molecule has 3 aliphatic heterocycles. The Bertz CT molecular complexity index is 3150. The van der Waals surface area contributed by atoms with Gasteiger partial charge in [-0.1, -0.05) is 92.9 Å². The maximum absolute atomic E-state index is 10.4. The van der Waals surface area contributed by atoms with Crippen molar-refractivity contribution in [3.05, 3.63) is 138 Å². The Kier molecular flexibility index (Phi) is 16.7. The number of hydrogen-bond acceptors (Lipinski definition) is 17. The van der Waals surface area contributed by atoms with E-state index in [1.807, 2.05) is 84.6 Å². The number of fused-ring (bicyclic) bond motifs is 3. The molecule has 6 aromatic heterocycles. The van der Waals surface area contributed by atoms with Crippen molar-refractivity contribution >= 4 is 63.0 Å². The molecule has 0 aliphatic carbocycles. The van der Waals surface area contributed by atoms with E-state index in [9.17, 15) is 25.5 Å². The highest BCUT2D eigenvalue weighted by Crippen LogP contribution is 2.37. The molecule has 3 fully saturated rings. The molecule has 8 aromatic rings. The highest BCUT2D eigenvalue weighted by molar-refractivity contribution is 5.97. The summed E-state index contributed by atoms with van der Waals surface area (Å²) in [5.74, 6) is 0.725. The normalized spacial score (nSPS) is 23.6. The number of nitrogens with two attached hydrogens (primary N) is 2. The summed E-state index contributed by atoms with van der Waals surface area (Å²) in [4.78, 5) is 25.4. The van der Waals surface area contributed by atoms with Crippen LogP contribution in [0.15, 0.2) is 105 Å². The van der Waals surface area contributed by atoms with E-state index in [2.05, 4.69) is 48.6 Å². The minimum atomic E-state index is -0.732. The molecule has 9 heterocycles. The zero-order valence-electron chi connectivity index (χ0n) is 39.6. The van der Waals surface area contributed by atoms with Crippen LogP contribution in [0.25, 0.3) is 51.3 Å². The third kappa shape index (κ3) is 11.0. The van der Waals surface area contributed by atoms with Crippen molar-refractivity contribution in [3.63, 3.8) is 0 Å². The maximum Gasteiger partial charge on any atom is 0.161 e. The maximum atomic E-state index is 10.4. The summed E-state index contributed by atoms with van der Waals surface area (Å²) in [5.41, 5.74) is 19.9. The lowest BCUT2D eigenvalue weighted by molar-refractivity contribution is -0.0484. The van der Waals surface area contributed by atoms with Crippen LogP contribution in [0.2, 0.25) is 0 Å². The summed E-state index contributed by atoms with van der Waals surface area (Å²) in [7, 11) is 0. The molecule has 0 spiro atoms. The van der Waals surface area contributed by atoms with Crippen molar-refractivity contribution in [3.8, 4) is 0 Å².